The van der Waals surface area contributed by atoms with Gasteiger partial charge in [0.25, 0.3) is 5.56 Å². The Morgan fingerprint density at radius 3 is 2.88 bits per heavy atom. The minimum Gasteiger partial charge on any atom is -0.326 e. The average Bonchev–Trinajstić information content (AvgIpc) is 2.62. The quantitative estimate of drug-likeness (QED) is 0.706. The van der Waals surface area contributed by atoms with E-state index in [-0.39, 0.29) is 11.5 Å². The summed E-state index contributed by atoms with van der Waals surface area (Å²) in [6.45, 7) is 0. The van der Waals surface area contributed by atoms with Gasteiger partial charge in [0.05, 0.1) is 10.9 Å². The maximum Gasteiger partial charge on any atom is 0.258 e. The van der Waals surface area contributed by atoms with Crippen molar-refractivity contribution >= 4 is 22.5 Å². The summed E-state index contributed by atoms with van der Waals surface area (Å²) in [5.74, 6) is 3.02. The summed E-state index contributed by atoms with van der Waals surface area (Å²) in [6.07, 6.45) is 6.79. The van der Waals surface area contributed by atoms with Crippen LogP contribution < -0.4 is 10.9 Å². The summed E-state index contributed by atoms with van der Waals surface area (Å²) >= 11 is 0. The van der Waals surface area contributed by atoms with Gasteiger partial charge in [0, 0.05) is 24.1 Å². The lowest BCUT2D eigenvalue weighted by Gasteiger charge is -2.06. The van der Waals surface area contributed by atoms with E-state index >= 15 is 0 Å². The molecule has 0 bridgehead atoms. The lowest BCUT2D eigenvalue weighted by molar-refractivity contribution is -0.116. The second-order valence-electron chi connectivity index (χ2n) is 5.66. The van der Waals surface area contributed by atoms with Crippen LogP contribution in [0, 0.1) is 12.3 Å². The molecule has 5 nitrogen and oxygen atoms in total. The molecule has 2 aromatic carbocycles. The summed E-state index contributed by atoms with van der Waals surface area (Å²) in [7, 11) is 0. The first-order chi connectivity index (χ1) is 12.2. The number of fused-ring (bicyclic) bond motifs is 1. The number of hydrogen-bond acceptors (Lipinski definition) is 3. The molecule has 3 aromatic rings. The van der Waals surface area contributed by atoms with Gasteiger partial charge in [0.1, 0.15) is 5.82 Å². The third-order valence-corrected chi connectivity index (χ3v) is 3.79. The number of nitrogens with one attached hydrogen (secondary N) is 2. The lowest BCUT2D eigenvalue weighted by Crippen LogP contribution is -2.14. The topological polar surface area (TPSA) is 74.8 Å². The molecule has 124 valence electrons. The van der Waals surface area contributed by atoms with Crippen LogP contribution in [-0.4, -0.2) is 15.9 Å². The Morgan fingerprint density at radius 2 is 2.04 bits per heavy atom. The van der Waals surface area contributed by atoms with E-state index in [1.165, 1.54) is 0 Å². The molecule has 0 aliphatic heterocycles. The van der Waals surface area contributed by atoms with Gasteiger partial charge >= 0.3 is 0 Å². The maximum atomic E-state index is 12.0. The van der Waals surface area contributed by atoms with Crippen molar-refractivity contribution in [3.05, 3.63) is 70.3 Å². The number of amides is 1. The molecule has 5 heteroatoms. The molecular weight excluding hydrogens is 314 g/mol. The van der Waals surface area contributed by atoms with Gasteiger partial charge in [0.2, 0.25) is 5.91 Å². The minimum absolute atomic E-state index is 0.0997. The number of anilines is 1. The zero-order chi connectivity index (χ0) is 17.6. The van der Waals surface area contributed by atoms with Gasteiger partial charge in [-0.05, 0) is 36.8 Å². The molecule has 3 rings (SSSR count). The third kappa shape index (κ3) is 4.12. The molecule has 0 aliphatic carbocycles. The van der Waals surface area contributed by atoms with Crippen molar-refractivity contribution < 1.29 is 4.79 Å². The summed E-state index contributed by atoms with van der Waals surface area (Å²) in [5.41, 5.74) is 1.90. The molecule has 1 amide bonds. The number of carbonyl (C=O) groups excluding carboxylic acids is 1. The Bertz CT molecular complexity index is 1020. The first kappa shape index (κ1) is 16.5. The van der Waals surface area contributed by atoms with Gasteiger partial charge < -0.3 is 10.3 Å². The number of H-pyrrole nitrogens is 1. The zero-order valence-electron chi connectivity index (χ0n) is 13.6. The summed E-state index contributed by atoms with van der Waals surface area (Å²) in [5, 5.41) is 3.38. The molecule has 0 fully saturated rings. The molecule has 0 atom stereocenters. The van der Waals surface area contributed by atoms with Crippen LogP contribution in [0.2, 0.25) is 0 Å². The van der Waals surface area contributed by atoms with Crippen LogP contribution in [0.5, 0.6) is 0 Å². The molecular formula is C20H17N3O2. The summed E-state index contributed by atoms with van der Waals surface area (Å²) < 4.78 is 0. The Kier molecular flexibility index (Phi) is 4.91. The average molecular weight is 331 g/mol. The largest absolute Gasteiger partial charge is 0.326 e. The van der Waals surface area contributed by atoms with Crippen LogP contribution in [0.25, 0.3) is 10.9 Å². The van der Waals surface area contributed by atoms with Crippen LogP contribution in [0.3, 0.4) is 0 Å². The smallest absolute Gasteiger partial charge is 0.258 e. The summed E-state index contributed by atoms with van der Waals surface area (Å²) in [4.78, 5) is 31.2. The van der Waals surface area contributed by atoms with Gasteiger partial charge in [-0.1, -0.05) is 24.1 Å². The van der Waals surface area contributed by atoms with Crippen LogP contribution in [0.1, 0.15) is 24.2 Å². The number of hydrogen-bond donors (Lipinski definition) is 2. The van der Waals surface area contributed by atoms with Crippen LogP contribution in [0.15, 0.2) is 53.3 Å². The fraction of sp³-hybridized carbons (Fsp3) is 0.150. The van der Waals surface area contributed by atoms with Gasteiger partial charge in [-0.25, -0.2) is 4.98 Å². The van der Waals surface area contributed by atoms with E-state index in [4.69, 9.17) is 6.42 Å². The fourth-order valence-corrected chi connectivity index (χ4v) is 2.58. The monoisotopic (exact) mass is 331 g/mol. The Morgan fingerprint density at radius 1 is 1.20 bits per heavy atom. The van der Waals surface area contributed by atoms with Gasteiger partial charge in [-0.15, -0.1) is 6.42 Å². The first-order valence-electron chi connectivity index (χ1n) is 8.00. The zero-order valence-corrected chi connectivity index (χ0v) is 13.6. The number of para-hydroxylation sites is 1. The number of aryl methyl sites for hydroxylation is 1. The van der Waals surface area contributed by atoms with E-state index in [0.29, 0.717) is 41.7 Å². The predicted molar refractivity (Wildman–Crippen MR) is 98.3 cm³/mol. The number of carbonyl (C=O) groups is 1. The molecule has 0 aliphatic rings. The van der Waals surface area contributed by atoms with Crippen molar-refractivity contribution in [2.45, 2.75) is 19.3 Å². The number of aromatic nitrogens is 2. The molecule has 1 heterocycles. The van der Waals surface area contributed by atoms with Crippen LogP contribution >= 0.6 is 0 Å². The van der Waals surface area contributed by atoms with Crippen molar-refractivity contribution in [1.29, 1.82) is 0 Å². The molecule has 0 spiro atoms. The molecule has 0 radical (unpaired) electrons. The Hall–Kier alpha value is -3.39. The maximum absolute atomic E-state index is 12.0. The lowest BCUT2D eigenvalue weighted by atomic mass is 10.2. The highest BCUT2D eigenvalue weighted by molar-refractivity contribution is 5.90. The van der Waals surface area contributed by atoms with Gasteiger partial charge in [-0.3, -0.25) is 9.59 Å². The minimum atomic E-state index is -0.156. The Balaban J connectivity index is 1.58. The predicted octanol–water partition coefficient (Wildman–Crippen LogP) is 2.87. The molecule has 1 aromatic heterocycles. The molecule has 0 unspecified atom stereocenters. The third-order valence-electron chi connectivity index (χ3n) is 3.79. The van der Waals surface area contributed by atoms with Crippen LogP contribution in [-0.2, 0) is 11.2 Å². The van der Waals surface area contributed by atoms with Crippen molar-refractivity contribution in [3.63, 3.8) is 0 Å². The molecule has 0 saturated carbocycles. The first-order valence-corrected chi connectivity index (χ1v) is 8.00. The number of rotatable bonds is 5. The number of terminal acetylenes is 1. The SMILES string of the molecule is C#Cc1cccc(NC(=O)CCCc2nc3ccccc3c(=O)[nH]2)c1. The Labute approximate surface area is 145 Å². The van der Waals surface area contributed by atoms with Crippen LogP contribution in [0.4, 0.5) is 5.69 Å². The van der Waals surface area contributed by atoms with E-state index in [1.54, 1.807) is 42.5 Å². The van der Waals surface area contributed by atoms with Crippen molar-refractivity contribution in [3.8, 4) is 12.3 Å². The van der Waals surface area contributed by atoms with Gasteiger partial charge in [0.15, 0.2) is 0 Å². The number of benzene rings is 2. The molecule has 2 N–H and O–H groups in total. The summed E-state index contributed by atoms with van der Waals surface area (Å²) in [6, 6.07) is 14.3. The van der Waals surface area contributed by atoms with E-state index in [9.17, 15) is 9.59 Å². The van der Waals surface area contributed by atoms with Crippen molar-refractivity contribution in [1.82, 2.24) is 9.97 Å². The fourth-order valence-electron chi connectivity index (χ4n) is 2.58. The molecule has 25 heavy (non-hydrogen) atoms. The second-order valence-corrected chi connectivity index (χ2v) is 5.66. The van der Waals surface area contributed by atoms with E-state index in [1.807, 2.05) is 6.07 Å². The molecule has 0 saturated heterocycles. The van der Waals surface area contributed by atoms with E-state index < -0.39 is 0 Å². The highest BCUT2D eigenvalue weighted by Crippen LogP contribution is 2.11. The number of aromatic amines is 1. The van der Waals surface area contributed by atoms with Crippen molar-refractivity contribution in [2.75, 3.05) is 5.32 Å². The van der Waals surface area contributed by atoms with Crippen molar-refractivity contribution in [2.24, 2.45) is 0 Å². The highest BCUT2D eigenvalue weighted by atomic mass is 16.1. The normalized spacial score (nSPS) is 10.4. The number of nitrogens with zero attached hydrogens (tertiary/aromatic N) is 1. The standard InChI is InChI=1S/C20H17N3O2/c1-2-14-7-5-8-15(13-14)21-19(24)12-6-11-18-22-17-10-4-3-9-16(17)20(25)23-18/h1,3-5,7-10,13H,6,11-12H2,(H,21,24)(H,22,23,25). The van der Waals surface area contributed by atoms with E-state index in [0.717, 1.165) is 5.56 Å². The second kappa shape index (κ2) is 7.45. The van der Waals surface area contributed by atoms with E-state index in [2.05, 4.69) is 21.2 Å². The van der Waals surface area contributed by atoms with Gasteiger partial charge in [-0.2, -0.15) is 0 Å². The highest BCUT2D eigenvalue weighted by Gasteiger charge is 2.06.